The average Bonchev–Trinajstić information content (AvgIpc) is 2.43. The van der Waals surface area contributed by atoms with Gasteiger partial charge in [-0.15, -0.1) is 12.4 Å². The third-order valence-electron chi connectivity index (χ3n) is 2.31. The summed E-state index contributed by atoms with van der Waals surface area (Å²) >= 11 is 0. The van der Waals surface area contributed by atoms with Crippen molar-refractivity contribution in [2.75, 3.05) is 20.2 Å². The van der Waals surface area contributed by atoms with E-state index >= 15 is 0 Å². The first-order valence-electron chi connectivity index (χ1n) is 5.96. The summed E-state index contributed by atoms with van der Waals surface area (Å²) < 4.78 is 10.1. The quantitative estimate of drug-likeness (QED) is 0.547. The van der Waals surface area contributed by atoms with Gasteiger partial charge in [0.05, 0.1) is 6.54 Å². The van der Waals surface area contributed by atoms with Gasteiger partial charge < -0.3 is 25.0 Å². The minimum Gasteiger partial charge on any atom is -0.479 e. The van der Waals surface area contributed by atoms with E-state index < -0.39 is 30.4 Å². The standard InChI is InChI=1S/C13H15NO7.ClH/c1-14-6-8(15)12(13(18)19)21-10-5-3-2-4-9(10)20-7-11(16)17;/h2-5,12,14H,6-7H2,1H3,(H,16,17)(H,18,19);1H. The molecule has 0 amide bonds. The SMILES string of the molecule is CNCC(=O)C(Oc1ccccc1OCC(=O)O)C(=O)O.Cl. The zero-order valence-corrected chi connectivity index (χ0v) is 12.5. The molecule has 1 rings (SSSR count). The highest BCUT2D eigenvalue weighted by atomic mass is 35.5. The number of rotatable bonds is 9. The van der Waals surface area contributed by atoms with Crippen LogP contribution >= 0.6 is 12.4 Å². The Kier molecular flexibility index (Phi) is 8.58. The molecule has 1 atom stereocenters. The number of hydrogen-bond donors (Lipinski definition) is 3. The van der Waals surface area contributed by atoms with Crippen LogP contribution in [0.3, 0.4) is 0 Å². The van der Waals surface area contributed by atoms with E-state index in [1.54, 1.807) is 12.1 Å². The summed E-state index contributed by atoms with van der Waals surface area (Å²) in [7, 11) is 1.50. The number of carboxylic acids is 2. The van der Waals surface area contributed by atoms with Crippen molar-refractivity contribution in [1.29, 1.82) is 0 Å². The number of hydrogen-bond acceptors (Lipinski definition) is 6. The van der Waals surface area contributed by atoms with E-state index in [1.807, 2.05) is 0 Å². The molecule has 0 aliphatic rings. The van der Waals surface area contributed by atoms with Crippen LogP contribution in [0.2, 0.25) is 0 Å². The van der Waals surface area contributed by atoms with Gasteiger partial charge >= 0.3 is 11.9 Å². The number of para-hydroxylation sites is 2. The Morgan fingerprint density at radius 2 is 1.77 bits per heavy atom. The molecule has 0 aliphatic heterocycles. The normalized spacial score (nSPS) is 11.0. The molecule has 0 spiro atoms. The van der Waals surface area contributed by atoms with Crippen molar-refractivity contribution in [2.45, 2.75) is 6.10 Å². The first-order valence-corrected chi connectivity index (χ1v) is 5.96. The van der Waals surface area contributed by atoms with Gasteiger partial charge in [-0.2, -0.15) is 0 Å². The Labute approximate surface area is 132 Å². The minimum atomic E-state index is -1.70. The maximum absolute atomic E-state index is 11.7. The molecule has 0 saturated carbocycles. The molecular weight excluding hydrogens is 318 g/mol. The van der Waals surface area contributed by atoms with Crippen molar-refractivity contribution in [3.63, 3.8) is 0 Å². The monoisotopic (exact) mass is 333 g/mol. The number of halogens is 1. The summed E-state index contributed by atoms with van der Waals surface area (Å²) in [4.78, 5) is 33.2. The highest BCUT2D eigenvalue weighted by molar-refractivity contribution is 6.02. The molecule has 3 N–H and O–H groups in total. The number of likely N-dealkylation sites (N-methyl/N-ethyl adjacent to an activating group) is 1. The number of carbonyl (C=O) groups excluding carboxylic acids is 1. The lowest BCUT2D eigenvalue weighted by Crippen LogP contribution is -2.40. The molecule has 0 radical (unpaired) electrons. The Balaban J connectivity index is 0.00000441. The molecule has 22 heavy (non-hydrogen) atoms. The molecule has 1 aromatic rings. The summed E-state index contributed by atoms with van der Waals surface area (Å²) in [5, 5.41) is 20.1. The molecule has 0 heterocycles. The Morgan fingerprint density at radius 1 is 1.18 bits per heavy atom. The van der Waals surface area contributed by atoms with Gasteiger partial charge in [-0.3, -0.25) is 4.79 Å². The van der Waals surface area contributed by atoms with E-state index in [0.717, 1.165) is 0 Å². The lowest BCUT2D eigenvalue weighted by molar-refractivity contribution is -0.150. The van der Waals surface area contributed by atoms with Crippen LogP contribution in [-0.2, 0) is 14.4 Å². The maximum Gasteiger partial charge on any atom is 0.352 e. The maximum atomic E-state index is 11.7. The average molecular weight is 334 g/mol. The predicted octanol–water partition coefficient (Wildman–Crippen LogP) is 0.192. The highest BCUT2D eigenvalue weighted by Gasteiger charge is 2.28. The van der Waals surface area contributed by atoms with Gasteiger partial charge in [-0.1, -0.05) is 12.1 Å². The molecule has 0 saturated heterocycles. The third kappa shape index (κ3) is 5.98. The van der Waals surface area contributed by atoms with Gasteiger partial charge in [-0.25, -0.2) is 9.59 Å². The fourth-order valence-corrected chi connectivity index (χ4v) is 1.45. The van der Waals surface area contributed by atoms with E-state index in [-0.39, 0.29) is 30.5 Å². The Hall–Kier alpha value is -2.32. The largest absolute Gasteiger partial charge is 0.479 e. The molecule has 0 bridgehead atoms. The van der Waals surface area contributed by atoms with E-state index in [0.29, 0.717) is 0 Å². The minimum absolute atomic E-state index is 0. The lowest BCUT2D eigenvalue weighted by atomic mass is 10.2. The van der Waals surface area contributed by atoms with Crippen molar-refractivity contribution < 1.29 is 34.1 Å². The fourth-order valence-electron chi connectivity index (χ4n) is 1.45. The second-order valence-electron chi connectivity index (χ2n) is 3.96. The number of nitrogens with one attached hydrogen (secondary N) is 1. The van der Waals surface area contributed by atoms with E-state index in [1.165, 1.54) is 19.2 Å². The zero-order valence-electron chi connectivity index (χ0n) is 11.6. The first kappa shape index (κ1) is 19.7. The Morgan fingerprint density at radius 3 is 2.27 bits per heavy atom. The van der Waals surface area contributed by atoms with Gasteiger partial charge in [-0.05, 0) is 19.2 Å². The first-order chi connectivity index (χ1) is 9.95. The number of carbonyl (C=O) groups is 3. The van der Waals surface area contributed by atoms with Gasteiger partial charge in [0.25, 0.3) is 6.10 Å². The molecule has 0 aliphatic carbocycles. The topological polar surface area (TPSA) is 122 Å². The van der Waals surface area contributed by atoms with Crippen LogP contribution in [0, 0.1) is 0 Å². The second kappa shape index (κ2) is 9.59. The Bertz CT molecular complexity index is 535. The van der Waals surface area contributed by atoms with Crippen LogP contribution in [0.5, 0.6) is 11.5 Å². The van der Waals surface area contributed by atoms with Crippen LogP contribution in [0.1, 0.15) is 0 Å². The van der Waals surface area contributed by atoms with Gasteiger partial charge in [0, 0.05) is 0 Å². The van der Waals surface area contributed by atoms with Crippen molar-refractivity contribution >= 4 is 30.1 Å². The molecule has 1 aromatic carbocycles. The number of carboxylic acid groups (broad SMARTS) is 2. The summed E-state index contributed by atoms with van der Waals surface area (Å²) in [6.07, 6.45) is -1.70. The molecule has 0 aromatic heterocycles. The number of benzene rings is 1. The number of aliphatic carboxylic acids is 2. The number of ether oxygens (including phenoxy) is 2. The van der Waals surface area contributed by atoms with Crippen molar-refractivity contribution in [3.8, 4) is 11.5 Å². The molecule has 9 heteroatoms. The summed E-state index contributed by atoms with van der Waals surface area (Å²) in [6, 6.07) is 5.92. The third-order valence-corrected chi connectivity index (χ3v) is 2.31. The van der Waals surface area contributed by atoms with Gasteiger partial charge in [0.1, 0.15) is 0 Å². The molecule has 122 valence electrons. The smallest absolute Gasteiger partial charge is 0.352 e. The van der Waals surface area contributed by atoms with Gasteiger partial charge in [0.2, 0.25) is 0 Å². The number of Topliss-reactive ketones (excluding diaryl/α,β-unsaturated/α-hetero) is 1. The van der Waals surface area contributed by atoms with E-state index in [9.17, 15) is 14.4 Å². The predicted molar refractivity (Wildman–Crippen MR) is 77.8 cm³/mol. The molecule has 8 nitrogen and oxygen atoms in total. The van der Waals surface area contributed by atoms with E-state index in [4.69, 9.17) is 19.7 Å². The van der Waals surface area contributed by atoms with Crippen molar-refractivity contribution in [1.82, 2.24) is 5.32 Å². The van der Waals surface area contributed by atoms with Crippen LogP contribution in [-0.4, -0.2) is 54.2 Å². The fraction of sp³-hybridized carbons (Fsp3) is 0.308. The highest BCUT2D eigenvalue weighted by Crippen LogP contribution is 2.27. The van der Waals surface area contributed by atoms with Crippen molar-refractivity contribution in [3.05, 3.63) is 24.3 Å². The van der Waals surface area contributed by atoms with Crippen LogP contribution in [0.15, 0.2) is 24.3 Å². The summed E-state index contributed by atoms with van der Waals surface area (Å²) in [5.41, 5.74) is 0. The number of ketones is 1. The lowest BCUT2D eigenvalue weighted by Gasteiger charge is -2.16. The van der Waals surface area contributed by atoms with Crippen molar-refractivity contribution in [2.24, 2.45) is 0 Å². The van der Waals surface area contributed by atoms with E-state index in [2.05, 4.69) is 5.32 Å². The summed E-state index contributed by atoms with van der Waals surface area (Å²) in [6.45, 7) is -0.780. The molecular formula is C13H16ClNO7. The van der Waals surface area contributed by atoms with Crippen LogP contribution < -0.4 is 14.8 Å². The van der Waals surface area contributed by atoms with Crippen LogP contribution in [0.25, 0.3) is 0 Å². The molecule has 1 unspecified atom stereocenters. The molecule has 0 fully saturated rings. The van der Waals surface area contributed by atoms with Gasteiger partial charge in [0.15, 0.2) is 23.9 Å². The second-order valence-corrected chi connectivity index (χ2v) is 3.96. The van der Waals surface area contributed by atoms with Crippen LogP contribution in [0.4, 0.5) is 0 Å². The summed E-state index contributed by atoms with van der Waals surface area (Å²) in [5.74, 6) is -3.27. The zero-order chi connectivity index (χ0) is 15.8.